The van der Waals surface area contributed by atoms with E-state index in [1.807, 2.05) is 24.3 Å². The molecule has 0 radical (unpaired) electrons. The summed E-state index contributed by atoms with van der Waals surface area (Å²) in [5.41, 5.74) is 8.51. The lowest BCUT2D eigenvalue weighted by Gasteiger charge is -2.22. The first-order valence-corrected chi connectivity index (χ1v) is 10.4. The molecule has 0 aliphatic heterocycles. The van der Waals surface area contributed by atoms with Crippen molar-refractivity contribution < 1.29 is 4.74 Å². The Morgan fingerprint density at radius 2 is 1.76 bits per heavy atom. The topological polar surface area (TPSA) is 81.2 Å². The van der Waals surface area contributed by atoms with Crippen molar-refractivity contribution in [2.24, 2.45) is 5.73 Å². The molecule has 3 N–H and O–H groups in total. The molecule has 3 rings (SSSR count). The summed E-state index contributed by atoms with van der Waals surface area (Å²) in [4.78, 5) is 12.1. The summed E-state index contributed by atoms with van der Waals surface area (Å²) in [6.07, 6.45) is 3.05. The number of methoxy groups -OCH3 is 1. The summed E-state index contributed by atoms with van der Waals surface area (Å²) in [6.45, 7) is 7.79. The first kappa shape index (κ1) is 20.9. The molecule has 0 unspecified atom stereocenters. The SMILES string of the molecule is CCCN(CCC)c1ccc2nc(Nc3ccc(OC)cc3)n(CCCN)c2n1. The van der Waals surface area contributed by atoms with Crippen LogP contribution in [0.1, 0.15) is 33.1 Å². The number of aryl methyl sites for hydroxylation is 1. The number of hydrogen-bond donors (Lipinski definition) is 2. The van der Waals surface area contributed by atoms with Crippen molar-refractivity contribution in [3.8, 4) is 5.75 Å². The summed E-state index contributed by atoms with van der Waals surface area (Å²) >= 11 is 0. The van der Waals surface area contributed by atoms with Gasteiger partial charge in [0.05, 0.1) is 7.11 Å². The first-order valence-electron chi connectivity index (χ1n) is 10.4. The second kappa shape index (κ2) is 10.1. The van der Waals surface area contributed by atoms with Crippen LogP contribution in [0.15, 0.2) is 36.4 Å². The smallest absolute Gasteiger partial charge is 0.209 e. The number of fused-ring (bicyclic) bond motifs is 1. The molecule has 7 nitrogen and oxygen atoms in total. The Balaban J connectivity index is 1.97. The molecule has 3 aromatic rings. The van der Waals surface area contributed by atoms with Crippen molar-refractivity contribution in [3.63, 3.8) is 0 Å². The average Bonchev–Trinajstić information content (AvgIpc) is 3.08. The Morgan fingerprint density at radius 3 is 2.38 bits per heavy atom. The van der Waals surface area contributed by atoms with Gasteiger partial charge in [-0.1, -0.05) is 13.8 Å². The van der Waals surface area contributed by atoms with Gasteiger partial charge in [0.1, 0.15) is 17.1 Å². The third kappa shape index (κ3) is 4.98. The fourth-order valence-electron chi connectivity index (χ4n) is 3.41. The summed E-state index contributed by atoms with van der Waals surface area (Å²) in [7, 11) is 1.66. The van der Waals surface area contributed by atoms with Crippen LogP contribution in [0.2, 0.25) is 0 Å². The minimum absolute atomic E-state index is 0.624. The Labute approximate surface area is 172 Å². The first-order chi connectivity index (χ1) is 14.2. The molecule has 29 heavy (non-hydrogen) atoms. The van der Waals surface area contributed by atoms with Gasteiger partial charge in [0, 0.05) is 25.3 Å². The van der Waals surface area contributed by atoms with Crippen molar-refractivity contribution in [1.29, 1.82) is 0 Å². The predicted molar refractivity (Wildman–Crippen MR) is 120 cm³/mol. The van der Waals surface area contributed by atoms with E-state index in [0.717, 1.165) is 73.3 Å². The van der Waals surface area contributed by atoms with Crippen LogP contribution in [-0.4, -0.2) is 41.3 Å². The number of benzene rings is 1. The van der Waals surface area contributed by atoms with Crippen LogP contribution in [0.4, 0.5) is 17.5 Å². The van der Waals surface area contributed by atoms with E-state index in [0.29, 0.717) is 6.54 Å². The molecule has 0 bridgehead atoms. The van der Waals surface area contributed by atoms with E-state index in [1.54, 1.807) is 7.11 Å². The highest BCUT2D eigenvalue weighted by Crippen LogP contribution is 2.25. The molecule has 0 atom stereocenters. The Morgan fingerprint density at radius 1 is 1.03 bits per heavy atom. The molecule has 0 fully saturated rings. The van der Waals surface area contributed by atoms with E-state index in [4.69, 9.17) is 20.4 Å². The molecule has 2 aromatic heterocycles. The molecule has 1 aromatic carbocycles. The molecule has 0 saturated heterocycles. The lowest BCUT2D eigenvalue weighted by molar-refractivity contribution is 0.415. The van der Waals surface area contributed by atoms with Crippen molar-refractivity contribution >= 4 is 28.6 Å². The number of aromatic nitrogens is 3. The standard InChI is InChI=1S/C22H32N6O/c1-4-14-27(15-5-2)20-12-11-19-21(26-20)28(16-6-13-23)22(25-19)24-17-7-9-18(29-3)10-8-17/h7-12H,4-6,13-16,23H2,1-3H3,(H,24,25). The van der Waals surface area contributed by atoms with Crippen LogP contribution < -0.4 is 20.7 Å². The molecular formula is C22H32N6O. The van der Waals surface area contributed by atoms with Crippen LogP contribution in [0, 0.1) is 0 Å². The average molecular weight is 397 g/mol. The van der Waals surface area contributed by atoms with Crippen LogP contribution in [0.5, 0.6) is 5.75 Å². The van der Waals surface area contributed by atoms with E-state index in [1.165, 1.54) is 0 Å². The van der Waals surface area contributed by atoms with Gasteiger partial charge >= 0.3 is 0 Å². The third-order valence-electron chi connectivity index (χ3n) is 4.82. The van der Waals surface area contributed by atoms with Crippen molar-refractivity contribution in [2.75, 3.05) is 37.0 Å². The van der Waals surface area contributed by atoms with Crippen molar-refractivity contribution in [3.05, 3.63) is 36.4 Å². The molecular weight excluding hydrogens is 364 g/mol. The van der Waals surface area contributed by atoms with Crippen molar-refractivity contribution in [1.82, 2.24) is 14.5 Å². The Hall–Kier alpha value is -2.80. The third-order valence-corrected chi connectivity index (χ3v) is 4.82. The van der Waals surface area contributed by atoms with E-state index in [-0.39, 0.29) is 0 Å². The molecule has 7 heteroatoms. The molecule has 0 spiro atoms. The van der Waals surface area contributed by atoms with Gasteiger partial charge < -0.3 is 20.7 Å². The number of ether oxygens (including phenoxy) is 1. The zero-order chi connectivity index (χ0) is 20.6. The summed E-state index contributed by atoms with van der Waals surface area (Å²) < 4.78 is 7.37. The minimum atomic E-state index is 0.624. The number of nitrogens with two attached hydrogens (primary N) is 1. The predicted octanol–water partition coefficient (Wildman–Crippen LogP) is 4.16. The summed E-state index contributed by atoms with van der Waals surface area (Å²) in [5, 5.41) is 3.42. The highest BCUT2D eigenvalue weighted by molar-refractivity contribution is 5.78. The fourth-order valence-corrected chi connectivity index (χ4v) is 3.41. The molecule has 0 aliphatic rings. The fraction of sp³-hybridized carbons (Fsp3) is 0.455. The van der Waals surface area contributed by atoms with Crippen LogP contribution in [0.3, 0.4) is 0 Å². The second-order valence-electron chi connectivity index (χ2n) is 7.08. The molecule has 2 heterocycles. The van der Waals surface area contributed by atoms with Gasteiger partial charge in [0.2, 0.25) is 5.95 Å². The number of nitrogens with zero attached hydrogens (tertiary/aromatic N) is 4. The van der Waals surface area contributed by atoms with Gasteiger partial charge in [0.25, 0.3) is 0 Å². The largest absolute Gasteiger partial charge is 0.497 e. The van der Waals surface area contributed by atoms with Gasteiger partial charge in [-0.25, -0.2) is 9.97 Å². The van der Waals surface area contributed by atoms with E-state index < -0.39 is 0 Å². The Bertz CT molecular complexity index is 900. The normalized spacial score (nSPS) is 11.0. The maximum Gasteiger partial charge on any atom is 0.209 e. The maximum atomic E-state index is 5.78. The quantitative estimate of drug-likeness (QED) is 0.506. The zero-order valence-corrected chi connectivity index (χ0v) is 17.7. The molecule has 0 saturated carbocycles. The second-order valence-corrected chi connectivity index (χ2v) is 7.08. The number of pyridine rings is 1. The highest BCUT2D eigenvalue weighted by Gasteiger charge is 2.15. The number of nitrogens with one attached hydrogen (secondary N) is 1. The van der Waals surface area contributed by atoms with E-state index >= 15 is 0 Å². The van der Waals surface area contributed by atoms with Crippen LogP contribution in [-0.2, 0) is 6.54 Å². The van der Waals surface area contributed by atoms with E-state index in [9.17, 15) is 0 Å². The lowest BCUT2D eigenvalue weighted by Crippen LogP contribution is -2.25. The van der Waals surface area contributed by atoms with E-state index in [2.05, 4.69) is 40.8 Å². The lowest BCUT2D eigenvalue weighted by atomic mass is 10.3. The number of anilines is 3. The molecule has 0 aliphatic carbocycles. The van der Waals surface area contributed by atoms with Gasteiger partial charge in [0.15, 0.2) is 5.65 Å². The highest BCUT2D eigenvalue weighted by atomic mass is 16.5. The maximum absolute atomic E-state index is 5.78. The number of rotatable bonds is 11. The van der Waals surface area contributed by atoms with Crippen molar-refractivity contribution in [2.45, 2.75) is 39.7 Å². The van der Waals surface area contributed by atoms with Gasteiger partial charge in [-0.2, -0.15) is 0 Å². The molecule has 156 valence electrons. The van der Waals surface area contributed by atoms with Gasteiger partial charge in [-0.3, -0.25) is 4.57 Å². The summed E-state index contributed by atoms with van der Waals surface area (Å²) in [6, 6.07) is 12.0. The monoisotopic (exact) mass is 396 g/mol. The minimum Gasteiger partial charge on any atom is -0.497 e. The van der Waals surface area contributed by atoms with Crippen LogP contribution in [0.25, 0.3) is 11.2 Å². The Kier molecular flexibility index (Phi) is 7.30. The van der Waals surface area contributed by atoms with Gasteiger partial charge in [-0.05, 0) is 62.2 Å². The number of imidazole rings is 1. The molecule has 0 amide bonds. The van der Waals surface area contributed by atoms with Crippen LogP contribution >= 0.6 is 0 Å². The van der Waals surface area contributed by atoms with Gasteiger partial charge in [-0.15, -0.1) is 0 Å². The zero-order valence-electron chi connectivity index (χ0n) is 17.7. The number of hydrogen-bond acceptors (Lipinski definition) is 6. The summed E-state index contributed by atoms with van der Waals surface area (Å²) in [5.74, 6) is 2.61.